The lowest BCUT2D eigenvalue weighted by molar-refractivity contribution is 0.436. The lowest BCUT2D eigenvalue weighted by Crippen LogP contribution is -2.15. The Morgan fingerprint density at radius 2 is 1.88 bits per heavy atom. The number of aryl methyl sites for hydroxylation is 1. The van der Waals surface area contributed by atoms with E-state index in [1.54, 1.807) is 0 Å². The number of hydrogen-bond acceptors (Lipinski definition) is 4. The standard InChI is InChI=1S/C11H17NO4S/c1-2-3-4-5-8-6-9(13)7-10(14)11(8)17(12,15)16/h6-7,13-14H,2-5H2,1H3,(H2,12,15,16). The Balaban J connectivity index is 3.17. The van der Waals surface area contributed by atoms with E-state index in [-0.39, 0.29) is 10.6 Å². The summed E-state index contributed by atoms with van der Waals surface area (Å²) in [5.74, 6) is -0.666. The molecule has 0 aromatic heterocycles. The van der Waals surface area contributed by atoms with Crippen molar-refractivity contribution in [1.82, 2.24) is 0 Å². The van der Waals surface area contributed by atoms with Gasteiger partial charge in [0.2, 0.25) is 10.0 Å². The van der Waals surface area contributed by atoms with Crippen LogP contribution in [0.2, 0.25) is 0 Å². The summed E-state index contributed by atoms with van der Waals surface area (Å²) in [7, 11) is -3.98. The van der Waals surface area contributed by atoms with Crippen LogP contribution in [0.5, 0.6) is 11.5 Å². The molecule has 0 saturated carbocycles. The minimum absolute atomic E-state index is 0.165. The van der Waals surface area contributed by atoms with E-state index in [4.69, 9.17) is 5.14 Å². The summed E-state index contributed by atoms with van der Waals surface area (Å²) in [5, 5.41) is 23.9. The van der Waals surface area contributed by atoms with E-state index >= 15 is 0 Å². The van der Waals surface area contributed by atoms with Crippen LogP contribution in [-0.2, 0) is 16.4 Å². The van der Waals surface area contributed by atoms with Crippen molar-refractivity contribution < 1.29 is 18.6 Å². The monoisotopic (exact) mass is 259 g/mol. The summed E-state index contributed by atoms with van der Waals surface area (Å²) < 4.78 is 22.7. The molecule has 0 aliphatic rings. The smallest absolute Gasteiger partial charge is 0.242 e. The third-order valence-electron chi connectivity index (χ3n) is 2.47. The molecule has 0 spiro atoms. The van der Waals surface area contributed by atoms with Gasteiger partial charge < -0.3 is 10.2 Å². The Morgan fingerprint density at radius 3 is 2.41 bits per heavy atom. The van der Waals surface area contributed by atoms with Gasteiger partial charge in [-0.15, -0.1) is 0 Å². The van der Waals surface area contributed by atoms with Crippen molar-refractivity contribution in [3.8, 4) is 11.5 Å². The summed E-state index contributed by atoms with van der Waals surface area (Å²) in [4.78, 5) is -0.286. The number of rotatable bonds is 5. The zero-order valence-corrected chi connectivity index (χ0v) is 10.5. The normalized spacial score (nSPS) is 11.6. The third kappa shape index (κ3) is 3.61. The number of nitrogens with two attached hydrogens (primary N) is 1. The van der Waals surface area contributed by atoms with Crippen LogP contribution in [0.1, 0.15) is 31.7 Å². The van der Waals surface area contributed by atoms with Gasteiger partial charge in [-0.2, -0.15) is 0 Å². The maximum atomic E-state index is 11.4. The predicted octanol–water partition coefficient (Wildman–Crippen LogP) is 1.48. The Labute approximate surface area is 101 Å². The van der Waals surface area contributed by atoms with E-state index in [1.165, 1.54) is 6.07 Å². The van der Waals surface area contributed by atoms with Crippen molar-refractivity contribution in [2.24, 2.45) is 5.14 Å². The number of aromatic hydroxyl groups is 2. The summed E-state index contributed by atoms with van der Waals surface area (Å²) in [6.45, 7) is 2.03. The zero-order valence-electron chi connectivity index (χ0n) is 9.68. The second kappa shape index (κ2) is 5.37. The van der Waals surface area contributed by atoms with Gasteiger partial charge in [0, 0.05) is 6.07 Å². The number of hydrogen-bond donors (Lipinski definition) is 3. The van der Waals surface area contributed by atoms with Crippen molar-refractivity contribution in [3.05, 3.63) is 17.7 Å². The largest absolute Gasteiger partial charge is 0.508 e. The van der Waals surface area contributed by atoms with Crippen LogP contribution in [-0.4, -0.2) is 18.6 Å². The van der Waals surface area contributed by atoms with Gasteiger partial charge in [-0.05, 0) is 24.5 Å². The fourth-order valence-electron chi connectivity index (χ4n) is 1.74. The van der Waals surface area contributed by atoms with Crippen LogP contribution in [0.15, 0.2) is 17.0 Å². The number of unbranched alkanes of at least 4 members (excludes halogenated alkanes) is 2. The Morgan fingerprint density at radius 1 is 1.24 bits per heavy atom. The van der Waals surface area contributed by atoms with Crippen LogP contribution in [0, 0.1) is 0 Å². The van der Waals surface area contributed by atoms with Crippen LogP contribution < -0.4 is 5.14 Å². The highest BCUT2D eigenvalue weighted by molar-refractivity contribution is 7.89. The first-order valence-corrected chi connectivity index (χ1v) is 6.98. The van der Waals surface area contributed by atoms with Gasteiger partial charge in [0.15, 0.2) is 0 Å². The number of phenolic OH excluding ortho intramolecular Hbond substituents is 2. The second-order valence-corrected chi connectivity index (χ2v) is 5.45. The van der Waals surface area contributed by atoms with Crippen LogP contribution >= 0.6 is 0 Å². The van der Waals surface area contributed by atoms with E-state index in [2.05, 4.69) is 0 Å². The molecular formula is C11H17NO4S. The Hall–Kier alpha value is -1.27. The Kier molecular flexibility index (Phi) is 4.36. The predicted molar refractivity (Wildman–Crippen MR) is 64.4 cm³/mol. The van der Waals surface area contributed by atoms with Gasteiger partial charge >= 0.3 is 0 Å². The summed E-state index contributed by atoms with van der Waals surface area (Å²) in [5.41, 5.74) is 0.360. The molecule has 0 radical (unpaired) electrons. The van der Waals surface area contributed by atoms with Crippen molar-refractivity contribution >= 4 is 10.0 Å². The van der Waals surface area contributed by atoms with E-state index < -0.39 is 15.8 Å². The average molecular weight is 259 g/mol. The fourth-order valence-corrected chi connectivity index (χ4v) is 2.61. The first-order valence-electron chi connectivity index (χ1n) is 5.44. The van der Waals surface area contributed by atoms with Crippen LogP contribution in [0.3, 0.4) is 0 Å². The number of benzene rings is 1. The lowest BCUT2D eigenvalue weighted by Gasteiger charge is -2.10. The first kappa shape index (κ1) is 13.8. The molecule has 0 aliphatic carbocycles. The summed E-state index contributed by atoms with van der Waals surface area (Å²) >= 11 is 0. The van der Waals surface area contributed by atoms with E-state index in [0.29, 0.717) is 12.0 Å². The molecule has 0 saturated heterocycles. The molecule has 4 N–H and O–H groups in total. The maximum Gasteiger partial charge on any atom is 0.242 e. The van der Waals surface area contributed by atoms with Crippen molar-refractivity contribution in [1.29, 1.82) is 0 Å². The minimum Gasteiger partial charge on any atom is -0.508 e. The highest BCUT2D eigenvalue weighted by atomic mass is 32.2. The van der Waals surface area contributed by atoms with Crippen molar-refractivity contribution in [3.63, 3.8) is 0 Å². The molecule has 6 heteroatoms. The van der Waals surface area contributed by atoms with Gasteiger partial charge in [-0.25, -0.2) is 13.6 Å². The van der Waals surface area contributed by atoms with E-state index in [9.17, 15) is 18.6 Å². The highest BCUT2D eigenvalue weighted by Crippen LogP contribution is 2.31. The quantitative estimate of drug-likeness (QED) is 0.697. The first-order chi connectivity index (χ1) is 7.86. The molecule has 0 aliphatic heterocycles. The molecule has 5 nitrogen and oxygen atoms in total. The molecule has 0 amide bonds. The molecule has 1 aromatic rings. The van der Waals surface area contributed by atoms with Crippen molar-refractivity contribution in [2.75, 3.05) is 0 Å². The zero-order chi connectivity index (χ0) is 13.1. The molecule has 0 fully saturated rings. The average Bonchev–Trinajstić information content (AvgIpc) is 2.14. The minimum atomic E-state index is -3.98. The number of sulfonamides is 1. The van der Waals surface area contributed by atoms with E-state index in [1.807, 2.05) is 6.92 Å². The molecule has 1 aromatic carbocycles. The van der Waals surface area contributed by atoms with Gasteiger partial charge in [0.25, 0.3) is 0 Å². The number of primary sulfonamides is 1. The SMILES string of the molecule is CCCCCc1cc(O)cc(O)c1S(N)(=O)=O. The molecule has 0 heterocycles. The second-order valence-electron chi connectivity index (χ2n) is 3.96. The lowest BCUT2D eigenvalue weighted by atomic mass is 10.1. The molecule has 0 atom stereocenters. The fraction of sp³-hybridized carbons (Fsp3) is 0.455. The third-order valence-corrected chi connectivity index (χ3v) is 3.51. The molecule has 1 rings (SSSR count). The summed E-state index contributed by atoms with van der Waals surface area (Å²) in [6.07, 6.45) is 3.18. The number of phenols is 2. The molecule has 96 valence electrons. The van der Waals surface area contributed by atoms with Gasteiger partial charge in [0.1, 0.15) is 16.4 Å². The van der Waals surface area contributed by atoms with Crippen molar-refractivity contribution in [2.45, 2.75) is 37.5 Å². The van der Waals surface area contributed by atoms with Crippen LogP contribution in [0.4, 0.5) is 0 Å². The maximum absolute atomic E-state index is 11.4. The Bertz CT molecular complexity index is 496. The highest BCUT2D eigenvalue weighted by Gasteiger charge is 2.19. The van der Waals surface area contributed by atoms with Gasteiger partial charge in [-0.3, -0.25) is 0 Å². The topological polar surface area (TPSA) is 101 Å². The molecular weight excluding hydrogens is 242 g/mol. The molecule has 0 bridgehead atoms. The molecule has 0 unspecified atom stereocenters. The van der Waals surface area contributed by atoms with Gasteiger partial charge in [0.05, 0.1) is 0 Å². The van der Waals surface area contributed by atoms with Gasteiger partial charge in [-0.1, -0.05) is 19.8 Å². The molecule has 17 heavy (non-hydrogen) atoms. The van der Waals surface area contributed by atoms with Crippen LogP contribution in [0.25, 0.3) is 0 Å². The van der Waals surface area contributed by atoms with E-state index in [0.717, 1.165) is 25.3 Å². The summed E-state index contributed by atoms with van der Waals surface area (Å²) in [6, 6.07) is 2.30.